The number of aliphatic hydroxyl groups is 1. The number of carbonyl (C=O) groups excluding carboxylic acids is 1. The minimum atomic E-state index is -0.900. The predicted molar refractivity (Wildman–Crippen MR) is 53.9 cm³/mol. The molecule has 1 N–H and O–H groups in total. The molecule has 1 aromatic heterocycles. The highest BCUT2D eigenvalue weighted by molar-refractivity contribution is 6.09. The summed E-state index contributed by atoms with van der Waals surface area (Å²) in [5, 5.41) is 9.84. The van der Waals surface area contributed by atoms with Crippen LogP contribution in [0.15, 0.2) is 29.9 Å². The highest BCUT2D eigenvalue weighted by atomic mass is 16.3. The van der Waals surface area contributed by atoms with Gasteiger partial charge in [-0.25, -0.2) is 9.97 Å². The zero-order valence-electron chi connectivity index (χ0n) is 8.51. The van der Waals surface area contributed by atoms with Gasteiger partial charge in [0.2, 0.25) is 0 Å². The van der Waals surface area contributed by atoms with Crippen molar-refractivity contribution in [2.24, 2.45) is 0 Å². The van der Waals surface area contributed by atoms with Crippen LogP contribution < -0.4 is 4.90 Å². The average Bonchev–Trinajstić information content (AvgIpc) is 2.45. The van der Waals surface area contributed by atoms with E-state index < -0.39 is 6.23 Å². The predicted octanol–water partition coefficient (Wildman–Crippen LogP) is 0.478. The molecule has 2 heterocycles. The molecule has 2 rings (SSSR count). The third kappa shape index (κ3) is 1.41. The number of hydrogen-bond acceptors (Lipinski definition) is 4. The highest BCUT2D eigenvalue weighted by Gasteiger charge is 2.34. The van der Waals surface area contributed by atoms with Gasteiger partial charge in [-0.3, -0.25) is 9.69 Å². The number of hydrogen-bond donors (Lipinski definition) is 1. The van der Waals surface area contributed by atoms with E-state index in [1.165, 1.54) is 23.6 Å². The molecular formula is C10H11N3O2. The van der Waals surface area contributed by atoms with Crippen LogP contribution in [0.5, 0.6) is 0 Å². The van der Waals surface area contributed by atoms with E-state index in [0.29, 0.717) is 16.8 Å². The number of anilines is 1. The molecule has 0 aromatic carbocycles. The van der Waals surface area contributed by atoms with Gasteiger partial charge in [0.05, 0.1) is 18.1 Å². The fourth-order valence-corrected chi connectivity index (χ4v) is 1.52. The molecule has 1 unspecified atom stereocenters. The molecule has 5 nitrogen and oxygen atoms in total. The SMILES string of the molecule is CC1=C(C)C(O)N(c2cncnc2)C1=O. The summed E-state index contributed by atoms with van der Waals surface area (Å²) in [7, 11) is 0. The van der Waals surface area contributed by atoms with Crippen LogP contribution in [0.4, 0.5) is 5.69 Å². The van der Waals surface area contributed by atoms with Gasteiger partial charge in [-0.15, -0.1) is 0 Å². The Morgan fingerprint density at radius 2 is 1.93 bits per heavy atom. The second-order valence-corrected chi connectivity index (χ2v) is 3.45. The van der Waals surface area contributed by atoms with Crippen molar-refractivity contribution >= 4 is 11.6 Å². The van der Waals surface area contributed by atoms with Crippen molar-refractivity contribution in [3.8, 4) is 0 Å². The molecule has 78 valence electrons. The summed E-state index contributed by atoms with van der Waals surface area (Å²) in [5.74, 6) is -0.199. The lowest BCUT2D eigenvalue weighted by Gasteiger charge is -2.20. The number of aromatic nitrogens is 2. The van der Waals surface area contributed by atoms with Crippen LogP contribution in [0.1, 0.15) is 13.8 Å². The summed E-state index contributed by atoms with van der Waals surface area (Å²) in [5.41, 5.74) is 1.75. The molecule has 1 aliphatic heterocycles. The van der Waals surface area contributed by atoms with E-state index in [4.69, 9.17) is 0 Å². The molecule has 1 aliphatic rings. The molecule has 1 atom stereocenters. The van der Waals surface area contributed by atoms with Crippen molar-refractivity contribution in [2.45, 2.75) is 20.1 Å². The smallest absolute Gasteiger partial charge is 0.256 e. The third-order valence-corrected chi connectivity index (χ3v) is 2.59. The van der Waals surface area contributed by atoms with Crippen molar-refractivity contribution in [1.29, 1.82) is 0 Å². The first-order valence-corrected chi connectivity index (χ1v) is 4.57. The molecule has 15 heavy (non-hydrogen) atoms. The maximum atomic E-state index is 11.8. The Labute approximate surface area is 87.1 Å². The van der Waals surface area contributed by atoms with E-state index in [1.54, 1.807) is 13.8 Å². The molecule has 0 saturated heterocycles. The minimum Gasteiger partial charge on any atom is -0.369 e. The Balaban J connectivity index is 2.39. The van der Waals surface area contributed by atoms with Gasteiger partial charge in [-0.2, -0.15) is 0 Å². The summed E-state index contributed by atoms with van der Waals surface area (Å²) in [6.07, 6.45) is 3.48. The van der Waals surface area contributed by atoms with Crippen molar-refractivity contribution in [1.82, 2.24) is 9.97 Å². The summed E-state index contributed by atoms with van der Waals surface area (Å²) < 4.78 is 0. The molecule has 0 saturated carbocycles. The zero-order chi connectivity index (χ0) is 11.0. The monoisotopic (exact) mass is 205 g/mol. The fourth-order valence-electron chi connectivity index (χ4n) is 1.52. The van der Waals surface area contributed by atoms with E-state index >= 15 is 0 Å². The van der Waals surface area contributed by atoms with Crippen molar-refractivity contribution in [3.05, 3.63) is 29.9 Å². The number of amides is 1. The normalized spacial score (nSPS) is 21.4. The van der Waals surface area contributed by atoms with E-state index in [1.807, 2.05) is 0 Å². The number of aliphatic hydroxyl groups excluding tert-OH is 1. The summed E-state index contributed by atoms with van der Waals surface area (Å²) >= 11 is 0. The Bertz CT molecular complexity index is 428. The van der Waals surface area contributed by atoms with Crippen molar-refractivity contribution in [2.75, 3.05) is 4.90 Å². The third-order valence-electron chi connectivity index (χ3n) is 2.59. The van der Waals surface area contributed by atoms with Crippen LogP contribution >= 0.6 is 0 Å². The van der Waals surface area contributed by atoms with Gasteiger partial charge in [0.1, 0.15) is 6.33 Å². The van der Waals surface area contributed by atoms with E-state index in [9.17, 15) is 9.90 Å². The maximum Gasteiger partial charge on any atom is 0.256 e. The molecule has 5 heteroatoms. The molecular weight excluding hydrogens is 194 g/mol. The molecule has 0 radical (unpaired) electrons. The second-order valence-electron chi connectivity index (χ2n) is 3.45. The Kier molecular flexibility index (Phi) is 2.24. The Hall–Kier alpha value is -1.75. The lowest BCUT2D eigenvalue weighted by atomic mass is 10.2. The summed E-state index contributed by atoms with van der Waals surface area (Å²) in [6, 6.07) is 0. The first-order valence-electron chi connectivity index (χ1n) is 4.57. The van der Waals surface area contributed by atoms with Crippen LogP contribution in [0.25, 0.3) is 0 Å². The van der Waals surface area contributed by atoms with E-state index in [0.717, 1.165) is 0 Å². The van der Waals surface area contributed by atoms with Crippen LogP contribution in [0.2, 0.25) is 0 Å². The largest absolute Gasteiger partial charge is 0.369 e. The summed E-state index contributed by atoms with van der Waals surface area (Å²) in [6.45, 7) is 3.44. The zero-order valence-corrected chi connectivity index (χ0v) is 8.51. The van der Waals surface area contributed by atoms with E-state index in [2.05, 4.69) is 9.97 Å². The quantitative estimate of drug-likeness (QED) is 0.724. The molecule has 0 bridgehead atoms. The Morgan fingerprint density at radius 3 is 2.40 bits per heavy atom. The van der Waals surface area contributed by atoms with Gasteiger partial charge in [0, 0.05) is 5.57 Å². The van der Waals surface area contributed by atoms with Crippen molar-refractivity contribution in [3.63, 3.8) is 0 Å². The van der Waals surface area contributed by atoms with Gasteiger partial charge in [-0.1, -0.05) is 0 Å². The van der Waals surface area contributed by atoms with Crippen LogP contribution in [0, 0.1) is 0 Å². The van der Waals surface area contributed by atoms with Crippen LogP contribution in [-0.4, -0.2) is 27.2 Å². The first-order chi connectivity index (χ1) is 7.13. The van der Waals surface area contributed by atoms with E-state index in [-0.39, 0.29) is 5.91 Å². The molecule has 1 aromatic rings. The maximum absolute atomic E-state index is 11.8. The van der Waals surface area contributed by atoms with Crippen LogP contribution in [-0.2, 0) is 4.79 Å². The van der Waals surface area contributed by atoms with Gasteiger partial charge >= 0.3 is 0 Å². The summed E-state index contributed by atoms with van der Waals surface area (Å²) in [4.78, 5) is 20.7. The molecule has 0 aliphatic carbocycles. The first kappa shape index (κ1) is 9.79. The highest BCUT2D eigenvalue weighted by Crippen LogP contribution is 2.28. The minimum absolute atomic E-state index is 0.199. The Morgan fingerprint density at radius 1 is 1.33 bits per heavy atom. The number of rotatable bonds is 1. The number of carbonyl (C=O) groups is 1. The molecule has 0 fully saturated rings. The molecule has 0 spiro atoms. The van der Waals surface area contributed by atoms with Crippen molar-refractivity contribution < 1.29 is 9.90 Å². The fraction of sp³-hybridized carbons (Fsp3) is 0.300. The molecule has 1 amide bonds. The second kappa shape index (κ2) is 3.43. The van der Waals surface area contributed by atoms with Gasteiger partial charge in [0.25, 0.3) is 5.91 Å². The average molecular weight is 205 g/mol. The standard InChI is InChI=1S/C10H11N3O2/c1-6-7(2)10(15)13(9(6)14)8-3-11-5-12-4-8/h3-5,9,14H,1-2H3. The lowest BCUT2D eigenvalue weighted by Crippen LogP contribution is -2.35. The topological polar surface area (TPSA) is 66.3 Å². The van der Waals surface area contributed by atoms with Crippen LogP contribution in [0.3, 0.4) is 0 Å². The van der Waals surface area contributed by atoms with Gasteiger partial charge in [0.15, 0.2) is 6.23 Å². The lowest BCUT2D eigenvalue weighted by molar-refractivity contribution is -0.115. The van der Waals surface area contributed by atoms with Gasteiger partial charge in [-0.05, 0) is 19.4 Å². The number of nitrogens with zero attached hydrogens (tertiary/aromatic N) is 3. The van der Waals surface area contributed by atoms with Gasteiger partial charge < -0.3 is 5.11 Å².